The van der Waals surface area contributed by atoms with Gasteiger partial charge < -0.3 is 0 Å². The molecule has 4 aliphatic carbocycles. The summed E-state index contributed by atoms with van der Waals surface area (Å²) in [5, 5.41) is 0. The minimum atomic E-state index is -1.20. The molecule has 0 radical (unpaired) electrons. The first kappa shape index (κ1) is 20.5. The van der Waals surface area contributed by atoms with Crippen LogP contribution in [0, 0.1) is 41.4 Å². The smallest absolute Gasteiger partial charge is 0.0541 e. The van der Waals surface area contributed by atoms with E-state index in [0.717, 1.165) is 52.5 Å². The van der Waals surface area contributed by atoms with E-state index in [1.807, 2.05) is 0 Å². The molecule has 0 heterocycles. The van der Waals surface area contributed by atoms with Crippen LogP contribution in [0.15, 0.2) is 0 Å². The van der Waals surface area contributed by atoms with Crippen LogP contribution in [0.2, 0.25) is 24.2 Å². The quantitative estimate of drug-likeness (QED) is 0.414. The van der Waals surface area contributed by atoms with Gasteiger partial charge >= 0.3 is 0 Å². The molecule has 0 aromatic rings. The van der Waals surface area contributed by atoms with E-state index in [1.165, 1.54) is 19.3 Å². The Hall–Kier alpha value is 0.217. The van der Waals surface area contributed by atoms with Gasteiger partial charge in [-0.2, -0.15) is 0 Å². The van der Waals surface area contributed by atoms with E-state index in [9.17, 15) is 0 Å². The van der Waals surface area contributed by atoms with Crippen LogP contribution < -0.4 is 0 Å². The standard InChI is InChI=1S/C26H48Si/c1-6-18(2)15-20-17-26(24-14-10-8-12-22(20)24)27(4,5)25-16-19(3)21-11-7-9-13-23(21)25/h18-26H,6-17H2,1-5H3. The molecule has 9 unspecified atom stereocenters. The largest absolute Gasteiger partial charge is 0.0689 e. The van der Waals surface area contributed by atoms with Gasteiger partial charge in [0.1, 0.15) is 0 Å². The van der Waals surface area contributed by atoms with E-state index in [0.29, 0.717) is 0 Å². The summed E-state index contributed by atoms with van der Waals surface area (Å²) in [4.78, 5) is 0. The highest BCUT2D eigenvalue weighted by Crippen LogP contribution is 2.64. The molecule has 0 aliphatic heterocycles. The van der Waals surface area contributed by atoms with Gasteiger partial charge in [0, 0.05) is 0 Å². The lowest BCUT2D eigenvalue weighted by molar-refractivity contribution is 0.204. The Bertz CT molecular complexity index is 496. The third kappa shape index (κ3) is 3.73. The fraction of sp³-hybridized carbons (Fsp3) is 1.00. The molecule has 4 fully saturated rings. The number of fused-ring (bicyclic) bond motifs is 2. The van der Waals surface area contributed by atoms with Crippen molar-refractivity contribution < 1.29 is 0 Å². The predicted octanol–water partition coefficient (Wildman–Crippen LogP) is 8.54. The molecule has 0 bridgehead atoms. The Morgan fingerprint density at radius 1 is 0.778 bits per heavy atom. The number of rotatable bonds is 5. The molecule has 0 N–H and O–H groups in total. The van der Waals surface area contributed by atoms with Crippen molar-refractivity contribution in [3.63, 3.8) is 0 Å². The zero-order chi connectivity index (χ0) is 19.2. The monoisotopic (exact) mass is 388 g/mol. The molecule has 0 amide bonds. The van der Waals surface area contributed by atoms with Crippen molar-refractivity contribution >= 4 is 8.07 Å². The van der Waals surface area contributed by atoms with Gasteiger partial charge in [0.25, 0.3) is 0 Å². The molecule has 4 rings (SSSR count). The summed E-state index contributed by atoms with van der Waals surface area (Å²) in [7, 11) is -1.20. The van der Waals surface area contributed by atoms with Crippen molar-refractivity contribution in [1.82, 2.24) is 0 Å². The molecule has 0 aromatic carbocycles. The van der Waals surface area contributed by atoms with Crippen molar-refractivity contribution in [2.75, 3.05) is 0 Å². The lowest BCUT2D eigenvalue weighted by Gasteiger charge is -2.45. The molecule has 9 atom stereocenters. The Labute approximate surface area is 171 Å². The van der Waals surface area contributed by atoms with Crippen LogP contribution in [0.25, 0.3) is 0 Å². The SMILES string of the molecule is CCC(C)CC1CC([Si](C)(C)C2CC(C)C3CCCCC32)C2CCCCC12. The van der Waals surface area contributed by atoms with Crippen molar-refractivity contribution in [2.45, 2.75) is 122 Å². The predicted molar refractivity (Wildman–Crippen MR) is 122 cm³/mol. The molecular weight excluding hydrogens is 340 g/mol. The Kier molecular flexibility index (Phi) is 6.19. The van der Waals surface area contributed by atoms with Gasteiger partial charge in [-0.05, 0) is 84.6 Å². The van der Waals surface area contributed by atoms with Crippen LogP contribution in [0.5, 0.6) is 0 Å². The van der Waals surface area contributed by atoms with Crippen LogP contribution in [0.3, 0.4) is 0 Å². The topological polar surface area (TPSA) is 0 Å². The summed E-state index contributed by atoms with van der Waals surface area (Å²) in [5.74, 6) is 7.56. The lowest BCUT2D eigenvalue weighted by atomic mass is 9.75. The van der Waals surface area contributed by atoms with Gasteiger partial charge in [-0.3, -0.25) is 0 Å². The van der Waals surface area contributed by atoms with Gasteiger partial charge in [-0.25, -0.2) is 0 Å². The molecule has 0 aromatic heterocycles. The molecule has 4 saturated carbocycles. The van der Waals surface area contributed by atoms with Crippen LogP contribution in [-0.4, -0.2) is 8.07 Å². The van der Waals surface area contributed by atoms with Crippen LogP contribution >= 0.6 is 0 Å². The van der Waals surface area contributed by atoms with E-state index in [2.05, 4.69) is 33.9 Å². The first-order valence-corrected chi connectivity index (χ1v) is 16.1. The highest BCUT2D eigenvalue weighted by molar-refractivity contribution is 6.80. The minimum absolute atomic E-state index is 0.954. The first-order chi connectivity index (χ1) is 12.9. The van der Waals surface area contributed by atoms with E-state index in [1.54, 1.807) is 57.8 Å². The van der Waals surface area contributed by atoms with E-state index < -0.39 is 8.07 Å². The second-order valence-corrected chi connectivity index (χ2v) is 17.3. The summed E-state index contributed by atoms with van der Waals surface area (Å²) in [6, 6.07) is 0. The molecule has 1 heteroatoms. The molecule has 0 spiro atoms. The number of hydrogen-bond donors (Lipinski definition) is 0. The average molecular weight is 389 g/mol. The summed E-state index contributed by atoms with van der Waals surface area (Å²) in [6.07, 6.45) is 18.7. The molecule has 156 valence electrons. The second-order valence-electron chi connectivity index (χ2n) is 12.2. The van der Waals surface area contributed by atoms with Crippen LogP contribution in [0.1, 0.15) is 97.8 Å². The molecule has 0 nitrogen and oxygen atoms in total. The molecule has 0 saturated heterocycles. The molecule has 4 aliphatic rings. The second kappa shape index (κ2) is 8.15. The van der Waals surface area contributed by atoms with E-state index in [-0.39, 0.29) is 0 Å². The fourth-order valence-corrected chi connectivity index (χ4v) is 14.5. The maximum atomic E-state index is 2.88. The average Bonchev–Trinajstić information content (AvgIpc) is 3.21. The third-order valence-electron chi connectivity index (χ3n) is 10.6. The Balaban J connectivity index is 1.55. The summed E-state index contributed by atoms with van der Waals surface area (Å²) < 4.78 is 0. The zero-order valence-corrected chi connectivity index (χ0v) is 20.2. The summed E-state index contributed by atoms with van der Waals surface area (Å²) in [5.41, 5.74) is 2.32. The normalized spacial score (nSPS) is 46.1. The summed E-state index contributed by atoms with van der Waals surface area (Å²) in [6.45, 7) is 13.3. The van der Waals surface area contributed by atoms with Gasteiger partial charge in [-0.15, -0.1) is 0 Å². The van der Waals surface area contributed by atoms with Crippen molar-refractivity contribution in [3.8, 4) is 0 Å². The number of hydrogen-bond acceptors (Lipinski definition) is 0. The molecular formula is C26H48Si. The van der Waals surface area contributed by atoms with Crippen LogP contribution in [-0.2, 0) is 0 Å². The maximum absolute atomic E-state index is 2.88. The first-order valence-electron chi connectivity index (χ1n) is 12.9. The summed E-state index contributed by atoms with van der Waals surface area (Å²) >= 11 is 0. The Morgan fingerprint density at radius 2 is 1.30 bits per heavy atom. The van der Waals surface area contributed by atoms with Crippen molar-refractivity contribution in [2.24, 2.45) is 41.4 Å². The third-order valence-corrected chi connectivity index (χ3v) is 15.8. The van der Waals surface area contributed by atoms with Gasteiger partial charge in [-0.1, -0.05) is 78.8 Å². The van der Waals surface area contributed by atoms with Gasteiger partial charge in [0.15, 0.2) is 0 Å². The van der Waals surface area contributed by atoms with E-state index in [4.69, 9.17) is 0 Å². The molecule has 27 heavy (non-hydrogen) atoms. The van der Waals surface area contributed by atoms with Crippen molar-refractivity contribution in [3.05, 3.63) is 0 Å². The maximum Gasteiger partial charge on any atom is 0.0541 e. The fourth-order valence-electron chi connectivity index (χ4n) is 9.03. The highest BCUT2D eigenvalue weighted by Gasteiger charge is 2.56. The Morgan fingerprint density at radius 3 is 1.93 bits per heavy atom. The van der Waals surface area contributed by atoms with Crippen molar-refractivity contribution in [1.29, 1.82) is 0 Å². The van der Waals surface area contributed by atoms with Crippen LogP contribution in [0.4, 0.5) is 0 Å². The van der Waals surface area contributed by atoms with E-state index >= 15 is 0 Å². The van der Waals surface area contributed by atoms with Gasteiger partial charge in [0.05, 0.1) is 8.07 Å². The highest BCUT2D eigenvalue weighted by atomic mass is 28.3. The minimum Gasteiger partial charge on any atom is -0.0689 e. The zero-order valence-electron chi connectivity index (χ0n) is 19.2. The van der Waals surface area contributed by atoms with Gasteiger partial charge in [0.2, 0.25) is 0 Å². The lowest BCUT2D eigenvalue weighted by Crippen LogP contribution is -2.43.